The Morgan fingerprint density at radius 3 is 2.79 bits per heavy atom. The van der Waals surface area contributed by atoms with Crippen LogP contribution in [0, 0.1) is 11.3 Å². The Balaban J connectivity index is 2.64. The van der Waals surface area contributed by atoms with Crippen molar-refractivity contribution >= 4 is 5.69 Å². The van der Waals surface area contributed by atoms with Gasteiger partial charge in [0, 0.05) is 37.9 Å². The molecule has 0 saturated carbocycles. The first-order valence-electron chi connectivity index (χ1n) is 9.76. The van der Waals surface area contributed by atoms with Gasteiger partial charge in [-0.05, 0) is 52.3 Å². The number of allylic oxidation sites excluding steroid dienone is 1. The van der Waals surface area contributed by atoms with Gasteiger partial charge in [0.1, 0.15) is 0 Å². The summed E-state index contributed by atoms with van der Waals surface area (Å²) in [6.45, 7) is 13.5. The van der Waals surface area contributed by atoms with Gasteiger partial charge in [-0.1, -0.05) is 29.0 Å². The summed E-state index contributed by atoms with van der Waals surface area (Å²) in [5.74, 6) is 0. The maximum atomic E-state index is 9.09. The summed E-state index contributed by atoms with van der Waals surface area (Å²) in [5.41, 5.74) is 2.86. The number of nitriles is 1. The molecule has 0 aliphatic heterocycles. The normalized spacial score (nSPS) is 14.9. The third-order valence-electron chi connectivity index (χ3n) is 4.77. The van der Waals surface area contributed by atoms with Gasteiger partial charge in [0.2, 0.25) is 0 Å². The fourth-order valence-corrected chi connectivity index (χ4v) is 2.56. The van der Waals surface area contributed by atoms with Gasteiger partial charge >= 0.3 is 0 Å². The Bertz CT molecular complexity index is 703. The van der Waals surface area contributed by atoms with E-state index < -0.39 is 0 Å². The first kappa shape index (κ1) is 23.4. The van der Waals surface area contributed by atoms with E-state index in [-0.39, 0.29) is 18.1 Å². The molecule has 152 valence electrons. The third kappa shape index (κ3) is 8.36. The number of hydrogen-bond acceptors (Lipinski definition) is 5. The molecule has 28 heavy (non-hydrogen) atoms. The zero-order valence-electron chi connectivity index (χ0n) is 17.8. The van der Waals surface area contributed by atoms with E-state index in [1.807, 2.05) is 49.3 Å². The summed E-state index contributed by atoms with van der Waals surface area (Å²) in [6, 6.07) is 10.2. The maximum Gasteiger partial charge on any atom is 0.0992 e. The van der Waals surface area contributed by atoms with Gasteiger partial charge < -0.3 is 10.6 Å². The van der Waals surface area contributed by atoms with Crippen LogP contribution in [0.4, 0.5) is 5.69 Å². The number of nitrogens with zero attached hydrogens (tertiary/aromatic N) is 4. The number of hydrogen-bond donors (Lipinski definition) is 2. The van der Waals surface area contributed by atoms with Gasteiger partial charge in [0.05, 0.1) is 17.7 Å². The third-order valence-corrected chi connectivity index (χ3v) is 4.77. The van der Waals surface area contributed by atoms with Crippen molar-refractivity contribution in [1.29, 1.82) is 5.26 Å². The molecule has 1 rings (SSSR count). The fourth-order valence-electron chi connectivity index (χ4n) is 2.56. The molecule has 0 fully saturated rings. The molecule has 6 nitrogen and oxygen atoms in total. The van der Waals surface area contributed by atoms with Crippen molar-refractivity contribution in [2.24, 2.45) is 10.3 Å². The molecule has 0 aromatic heterocycles. The van der Waals surface area contributed by atoms with Crippen LogP contribution >= 0.6 is 0 Å². The molecule has 0 saturated heterocycles. The van der Waals surface area contributed by atoms with Crippen molar-refractivity contribution in [2.75, 3.05) is 25.5 Å². The highest BCUT2D eigenvalue weighted by Gasteiger charge is 2.13. The molecular weight excluding hydrogens is 348 g/mol. The van der Waals surface area contributed by atoms with E-state index in [0.717, 1.165) is 25.2 Å². The number of anilines is 1. The second-order valence-corrected chi connectivity index (χ2v) is 7.02. The molecule has 6 heteroatoms. The minimum absolute atomic E-state index is 0.0855. The highest BCUT2D eigenvalue weighted by atomic mass is 15.5. The summed E-state index contributed by atoms with van der Waals surface area (Å²) >= 11 is 0. The Morgan fingerprint density at radius 1 is 1.39 bits per heavy atom. The van der Waals surface area contributed by atoms with E-state index in [1.165, 1.54) is 5.57 Å². The first-order valence-corrected chi connectivity index (χ1v) is 9.76. The molecule has 1 aromatic rings. The molecule has 0 amide bonds. The summed E-state index contributed by atoms with van der Waals surface area (Å²) in [5, 5.41) is 26.6. The molecule has 2 unspecified atom stereocenters. The second kappa shape index (κ2) is 12.7. The molecule has 0 bridgehead atoms. The Labute approximate surface area is 170 Å². The van der Waals surface area contributed by atoms with Crippen LogP contribution in [0.1, 0.15) is 39.7 Å². The smallest absolute Gasteiger partial charge is 0.0992 e. The topological polar surface area (TPSA) is 75.8 Å². The predicted octanol–water partition coefficient (Wildman–Crippen LogP) is 4.55. The van der Waals surface area contributed by atoms with Gasteiger partial charge in [-0.3, -0.25) is 5.01 Å². The number of benzene rings is 1. The largest absolute Gasteiger partial charge is 0.378 e. The lowest BCUT2D eigenvalue weighted by Crippen LogP contribution is -2.34. The lowest BCUT2D eigenvalue weighted by atomic mass is 10.0. The van der Waals surface area contributed by atoms with E-state index in [1.54, 1.807) is 0 Å². The summed E-state index contributed by atoms with van der Waals surface area (Å²) in [6.07, 6.45) is 4.83. The molecular formula is C22H34N6. The van der Waals surface area contributed by atoms with Crippen molar-refractivity contribution in [3.05, 3.63) is 54.1 Å². The van der Waals surface area contributed by atoms with Gasteiger partial charge in [0.15, 0.2) is 0 Å². The molecule has 0 aliphatic carbocycles. The first-order chi connectivity index (χ1) is 13.4. The maximum absolute atomic E-state index is 9.09. The monoisotopic (exact) mass is 382 g/mol. The Kier molecular flexibility index (Phi) is 10.6. The molecule has 0 spiro atoms. The van der Waals surface area contributed by atoms with Crippen molar-refractivity contribution in [2.45, 2.75) is 52.2 Å². The molecule has 3 atom stereocenters. The molecule has 2 N–H and O–H groups in total. The van der Waals surface area contributed by atoms with Crippen LogP contribution in [-0.2, 0) is 0 Å². The van der Waals surface area contributed by atoms with E-state index in [9.17, 15) is 0 Å². The Morgan fingerprint density at radius 2 is 2.14 bits per heavy atom. The van der Waals surface area contributed by atoms with Crippen LogP contribution in [0.5, 0.6) is 0 Å². The minimum Gasteiger partial charge on any atom is -0.378 e. The van der Waals surface area contributed by atoms with Gasteiger partial charge in [-0.15, -0.1) is 6.58 Å². The predicted molar refractivity (Wildman–Crippen MR) is 117 cm³/mol. The van der Waals surface area contributed by atoms with Crippen LogP contribution in [0.2, 0.25) is 0 Å². The van der Waals surface area contributed by atoms with Crippen molar-refractivity contribution in [3.8, 4) is 6.07 Å². The van der Waals surface area contributed by atoms with Gasteiger partial charge in [-0.25, -0.2) is 0 Å². The lowest BCUT2D eigenvalue weighted by Gasteiger charge is -2.23. The van der Waals surface area contributed by atoms with E-state index in [4.69, 9.17) is 5.26 Å². The molecule has 0 radical (unpaired) electrons. The van der Waals surface area contributed by atoms with Crippen molar-refractivity contribution in [3.63, 3.8) is 0 Å². The van der Waals surface area contributed by atoms with E-state index >= 15 is 0 Å². The van der Waals surface area contributed by atoms with Crippen LogP contribution in [0.3, 0.4) is 0 Å². The molecule has 0 heterocycles. The highest BCUT2D eigenvalue weighted by Crippen LogP contribution is 2.17. The SMILES string of the molecule is C=CCN[C@@H](C)C(C)/N=N\N(C)CCC(Nc1cccc(C#N)c1)/C(C)=C/C. The van der Waals surface area contributed by atoms with E-state index in [2.05, 4.69) is 60.5 Å². The van der Waals surface area contributed by atoms with Crippen molar-refractivity contribution in [1.82, 2.24) is 10.3 Å². The van der Waals surface area contributed by atoms with Crippen LogP contribution < -0.4 is 10.6 Å². The summed E-state index contributed by atoms with van der Waals surface area (Å²) in [4.78, 5) is 0. The highest BCUT2D eigenvalue weighted by molar-refractivity contribution is 5.50. The van der Waals surface area contributed by atoms with Crippen LogP contribution in [0.15, 0.2) is 58.9 Å². The van der Waals surface area contributed by atoms with Crippen LogP contribution in [-0.4, -0.2) is 43.3 Å². The summed E-state index contributed by atoms with van der Waals surface area (Å²) in [7, 11) is 1.94. The van der Waals surface area contributed by atoms with E-state index in [0.29, 0.717) is 5.56 Å². The lowest BCUT2D eigenvalue weighted by molar-refractivity contribution is 0.304. The fraction of sp³-hybridized carbons (Fsp3) is 0.500. The second-order valence-electron chi connectivity index (χ2n) is 7.02. The van der Waals surface area contributed by atoms with Crippen LogP contribution in [0.25, 0.3) is 0 Å². The zero-order valence-corrected chi connectivity index (χ0v) is 17.8. The average Bonchev–Trinajstić information content (AvgIpc) is 2.72. The zero-order chi connectivity index (χ0) is 20.9. The molecule has 1 aromatic carbocycles. The number of nitrogens with one attached hydrogen (secondary N) is 2. The molecule has 0 aliphatic rings. The minimum atomic E-state index is 0.0855. The Hall–Kier alpha value is -2.65. The summed E-state index contributed by atoms with van der Waals surface area (Å²) < 4.78 is 0. The van der Waals surface area contributed by atoms with Gasteiger partial charge in [-0.2, -0.15) is 10.4 Å². The average molecular weight is 383 g/mol. The van der Waals surface area contributed by atoms with Gasteiger partial charge in [0.25, 0.3) is 0 Å². The van der Waals surface area contributed by atoms with Crippen molar-refractivity contribution < 1.29 is 0 Å². The number of rotatable bonds is 12. The standard InChI is InChI=1S/C22H34N6/c1-7-13-24-18(4)19(5)26-27-28(6)14-12-22(17(3)8-2)25-21-11-9-10-20(15-21)16-23/h7-11,15,18-19,22,24-25H,1,12-14H2,2-6H3/b17-8+,27-26-/t18-,19?,22?/m0/s1. The quantitative estimate of drug-likeness (QED) is 0.316.